The van der Waals surface area contributed by atoms with E-state index in [9.17, 15) is 0 Å². The van der Waals surface area contributed by atoms with Crippen LogP contribution in [0.1, 0.15) is 45.2 Å². The van der Waals surface area contributed by atoms with Gasteiger partial charge in [-0.3, -0.25) is 0 Å². The van der Waals surface area contributed by atoms with Crippen LogP contribution in [0.15, 0.2) is 24.3 Å². The lowest BCUT2D eigenvalue weighted by atomic mass is 9.82. The van der Waals surface area contributed by atoms with Crippen LogP contribution in [0.3, 0.4) is 0 Å². The van der Waals surface area contributed by atoms with Crippen molar-refractivity contribution in [2.45, 2.75) is 39.7 Å². The molecule has 1 N–H and O–H groups in total. The largest absolute Gasteiger partial charge is 0.496 e. The molecule has 1 saturated heterocycles. The summed E-state index contributed by atoms with van der Waals surface area (Å²) in [7, 11) is 1.76. The minimum absolute atomic E-state index is 0.340. The Morgan fingerprint density at radius 3 is 2.52 bits per heavy atom. The van der Waals surface area contributed by atoms with Gasteiger partial charge in [0.15, 0.2) is 0 Å². The molecule has 0 aromatic heterocycles. The first-order chi connectivity index (χ1) is 10.1. The van der Waals surface area contributed by atoms with Crippen LogP contribution in [0.2, 0.25) is 0 Å². The summed E-state index contributed by atoms with van der Waals surface area (Å²) in [6.45, 7) is 11.4. The minimum atomic E-state index is 0.340. The van der Waals surface area contributed by atoms with E-state index in [0.29, 0.717) is 11.5 Å². The number of rotatable bonds is 6. The summed E-state index contributed by atoms with van der Waals surface area (Å²) in [5, 5.41) is 3.62. The fourth-order valence-corrected chi connectivity index (χ4v) is 3.07. The highest BCUT2D eigenvalue weighted by molar-refractivity contribution is 5.36. The number of hydrogen-bond donors (Lipinski definition) is 1. The zero-order valence-electron chi connectivity index (χ0n) is 14.0. The first-order valence-corrected chi connectivity index (χ1v) is 8.14. The van der Waals surface area contributed by atoms with Crippen LogP contribution in [-0.2, 0) is 0 Å². The average molecular weight is 290 g/mol. The van der Waals surface area contributed by atoms with Crippen molar-refractivity contribution in [3.05, 3.63) is 29.8 Å². The monoisotopic (exact) mass is 290 g/mol. The van der Waals surface area contributed by atoms with E-state index < -0.39 is 0 Å². The maximum absolute atomic E-state index is 5.54. The number of nitrogens with zero attached hydrogens (tertiary/aromatic N) is 1. The highest BCUT2D eigenvalue weighted by Crippen LogP contribution is 2.31. The average Bonchev–Trinajstić information content (AvgIpc) is 2.48. The van der Waals surface area contributed by atoms with E-state index in [4.69, 9.17) is 4.74 Å². The normalized spacial score (nSPS) is 20.2. The van der Waals surface area contributed by atoms with Crippen molar-refractivity contribution in [2.24, 2.45) is 5.41 Å². The molecule has 3 heteroatoms. The van der Waals surface area contributed by atoms with Gasteiger partial charge in [0.25, 0.3) is 0 Å². The number of hydrogen-bond acceptors (Lipinski definition) is 3. The number of piperidine rings is 1. The molecule has 1 unspecified atom stereocenters. The number of likely N-dealkylation sites (N-methyl/N-ethyl adjacent to an activating group) is 1. The fourth-order valence-electron chi connectivity index (χ4n) is 3.07. The Labute approximate surface area is 129 Å². The third kappa shape index (κ3) is 4.45. The van der Waals surface area contributed by atoms with E-state index in [-0.39, 0.29) is 0 Å². The Bertz CT molecular complexity index is 435. The molecule has 0 aliphatic carbocycles. The van der Waals surface area contributed by atoms with Gasteiger partial charge < -0.3 is 15.0 Å². The lowest BCUT2D eigenvalue weighted by molar-refractivity contribution is 0.122. The van der Waals surface area contributed by atoms with Gasteiger partial charge in [-0.15, -0.1) is 0 Å². The van der Waals surface area contributed by atoms with Crippen molar-refractivity contribution >= 4 is 0 Å². The Kier molecular flexibility index (Phi) is 5.65. The number of ether oxygens (including phenoxy) is 1. The molecule has 1 heterocycles. The van der Waals surface area contributed by atoms with Gasteiger partial charge in [-0.1, -0.05) is 39.0 Å². The van der Waals surface area contributed by atoms with Crippen LogP contribution in [0, 0.1) is 5.41 Å². The second kappa shape index (κ2) is 7.28. The van der Waals surface area contributed by atoms with Gasteiger partial charge in [-0.05, 0) is 44.0 Å². The first-order valence-electron chi connectivity index (χ1n) is 8.14. The quantitative estimate of drug-likeness (QED) is 0.868. The van der Waals surface area contributed by atoms with E-state index in [1.54, 1.807) is 7.11 Å². The third-order valence-electron chi connectivity index (χ3n) is 4.62. The zero-order chi connectivity index (χ0) is 15.3. The lowest BCUT2D eigenvalue weighted by Gasteiger charge is -2.38. The molecular weight excluding hydrogens is 260 g/mol. The molecular formula is C18H30N2O. The van der Waals surface area contributed by atoms with E-state index in [1.807, 2.05) is 6.07 Å². The number of nitrogens with one attached hydrogen (secondary N) is 1. The maximum atomic E-state index is 5.54. The van der Waals surface area contributed by atoms with Crippen LogP contribution in [0.4, 0.5) is 0 Å². The SMILES string of the molecule is CCNC(CN1CCC(C)(C)CC1)c1ccccc1OC. The molecule has 0 bridgehead atoms. The fraction of sp³-hybridized carbons (Fsp3) is 0.667. The number of methoxy groups -OCH3 is 1. The molecule has 1 atom stereocenters. The predicted molar refractivity (Wildman–Crippen MR) is 88.9 cm³/mol. The van der Waals surface area contributed by atoms with Crippen LogP contribution in [0.5, 0.6) is 5.75 Å². The van der Waals surface area contributed by atoms with Gasteiger partial charge in [0.2, 0.25) is 0 Å². The molecule has 3 nitrogen and oxygen atoms in total. The summed E-state index contributed by atoms with van der Waals surface area (Å²) < 4.78 is 5.54. The van der Waals surface area contributed by atoms with Gasteiger partial charge in [-0.25, -0.2) is 0 Å². The van der Waals surface area contributed by atoms with Gasteiger partial charge in [-0.2, -0.15) is 0 Å². The topological polar surface area (TPSA) is 24.5 Å². The van der Waals surface area contributed by atoms with E-state index >= 15 is 0 Å². The van der Waals surface area contributed by atoms with Gasteiger partial charge in [0.05, 0.1) is 7.11 Å². The predicted octanol–water partition coefficient (Wildman–Crippen LogP) is 3.47. The number of likely N-dealkylation sites (tertiary alicyclic amines) is 1. The second-order valence-corrected chi connectivity index (χ2v) is 6.82. The molecule has 0 amide bonds. The van der Waals surface area contributed by atoms with E-state index in [1.165, 1.54) is 31.5 Å². The molecule has 1 fully saturated rings. The number of benzene rings is 1. The van der Waals surface area contributed by atoms with Crippen molar-refractivity contribution < 1.29 is 4.74 Å². The van der Waals surface area contributed by atoms with Crippen LogP contribution in [0.25, 0.3) is 0 Å². The lowest BCUT2D eigenvalue weighted by Crippen LogP contribution is -2.42. The molecule has 118 valence electrons. The molecule has 1 aliphatic heterocycles. The Morgan fingerprint density at radius 2 is 1.90 bits per heavy atom. The Morgan fingerprint density at radius 1 is 1.24 bits per heavy atom. The molecule has 2 rings (SSSR count). The zero-order valence-corrected chi connectivity index (χ0v) is 14.0. The maximum Gasteiger partial charge on any atom is 0.123 e. The van der Waals surface area contributed by atoms with E-state index in [2.05, 4.69) is 49.2 Å². The molecule has 1 aliphatic rings. The summed E-state index contributed by atoms with van der Waals surface area (Å²) >= 11 is 0. The summed E-state index contributed by atoms with van der Waals surface area (Å²) in [4.78, 5) is 2.59. The molecule has 1 aromatic carbocycles. The molecule has 21 heavy (non-hydrogen) atoms. The van der Waals surface area contributed by atoms with Crippen molar-refractivity contribution in [1.82, 2.24) is 10.2 Å². The summed E-state index contributed by atoms with van der Waals surface area (Å²) in [6, 6.07) is 8.71. The summed E-state index contributed by atoms with van der Waals surface area (Å²) in [5.41, 5.74) is 1.78. The van der Waals surface area contributed by atoms with Gasteiger partial charge in [0, 0.05) is 18.2 Å². The standard InChI is InChI=1S/C18H30N2O/c1-5-19-16(15-8-6-7-9-17(15)21-4)14-20-12-10-18(2,3)11-13-20/h6-9,16,19H,5,10-14H2,1-4H3. The van der Waals surface area contributed by atoms with Crippen LogP contribution >= 0.6 is 0 Å². The van der Waals surface area contributed by atoms with Gasteiger partial charge in [0.1, 0.15) is 5.75 Å². The Balaban J connectivity index is 2.06. The van der Waals surface area contributed by atoms with Crippen LogP contribution < -0.4 is 10.1 Å². The summed E-state index contributed by atoms with van der Waals surface area (Å²) in [5.74, 6) is 0.987. The first kappa shape index (κ1) is 16.3. The third-order valence-corrected chi connectivity index (χ3v) is 4.62. The molecule has 1 aromatic rings. The highest BCUT2D eigenvalue weighted by atomic mass is 16.5. The van der Waals surface area contributed by atoms with Crippen molar-refractivity contribution in [1.29, 1.82) is 0 Å². The smallest absolute Gasteiger partial charge is 0.123 e. The van der Waals surface area contributed by atoms with Crippen LogP contribution in [-0.4, -0.2) is 38.2 Å². The van der Waals surface area contributed by atoms with Crippen molar-refractivity contribution in [2.75, 3.05) is 33.3 Å². The highest BCUT2D eigenvalue weighted by Gasteiger charge is 2.27. The molecule has 0 saturated carbocycles. The summed E-state index contributed by atoms with van der Waals surface area (Å²) in [6.07, 6.45) is 2.58. The van der Waals surface area contributed by atoms with Crippen molar-refractivity contribution in [3.8, 4) is 5.75 Å². The van der Waals surface area contributed by atoms with Crippen molar-refractivity contribution in [3.63, 3.8) is 0 Å². The molecule has 0 spiro atoms. The molecule has 0 radical (unpaired) electrons. The van der Waals surface area contributed by atoms with Gasteiger partial charge >= 0.3 is 0 Å². The number of para-hydroxylation sites is 1. The minimum Gasteiger partial charge on any atom is -0.496 e. The second-order valence-electron chi connectivity index (χ2n) is 6.82. The Hall–Kier alpha value is -1.06. The van der Waals surface area contributed by atoms with E-state index in [0.717, 1.165) is 18.8 Å².